The van der Waals surface area contributed by atoms with Crippen molar-refractivity contribution in [2.75, 3.05) is 13.7 Å². The Hall–Kier alpha value is -3.13. The summed E-state index contributed by atoms with van der Waals surface area (Å²) in [5.74, 6) is 2.03. The number of aromatic nitrogens is 3. The van der Waals surface area contributed by atoms with Crippen LogP contribution in [-0.2, 0) is 4.79 Å². The number of amides is 1. The van der Waals surface area contributed by atoms with E-state index in [0.29, 0.717) is 12.4 Å². The molecule has 0 radical (unpaired) electrons. The van der Waals surface area contributed by atoms with Gasteiger partial charge in [0.15, 0.2) is 5.82 Å². The van der Waals surface area contributed by atoms with E-state index in [-0.39, 0.29) is 12.3 Å². The van der Waals surface area contributed by atoms with Gasteiger partial charge in [0.2, 0.25) is 5.91 Å². The summed E-state index contributed by atoms with van der Waals surface area (Å²) in [5, 5.41) is 11.5. The first-order valence-electron chi connectivity index (χ1n) is 9.76. The molecule has 4 rings (SSSR count). The molecule has 30 heavy (non-hydrogen) atoms. The number of carbonyl (C=O) groups excluding carboxylic acids is 1. The quantitative estimate of drug-likeness (QED) is 0.620. The number of ether oxygens (including phenoxy) is 1. The maximum absolute atomic E-state index is 12.4. The Morgan fingerprint density at radius 1 is 1.20 bits per heavy atom. The average Bonchev–Trinajstić information content (AvgIpc) is 3.06. The molecule has 1 atom stereocenters. The molecule has 8 heteroatoms. The van der Waals surface area contributed by atoms with E-state index in [4.69, 9.17) is 9.73 Å². The van der Waals surface area contributed by atoms with Crippen molar-refractivity contribution < 1.29 is 9.53 Å². The number of hydrogen-bond donors (Lipinski definition) is 2. The van der Waals surface area contributed by atoms with Crippen molar-refractivity contribution in [2.24, 2.45) is 4.99 Å². The van der Waals surface area contributed by atoms with Crippen LogP contribution < -0.4 is 10.1 Å². The van der Waals surface area contributed by atoms with Gasteiger partial charge in [-0.15, -0.1) is 22.8 Å². The van der Waals surface area contributed by atoms with Crippen molar-refractivity contribution in [3.8, 4) is 11.4 Å². The molecule has 1 aromatic heterocycles. The van der Waals surface area contributed by atoms with Gasteiger partial charge in [-0.1, -0.05) is 12.1 Å². The van der Waals surface area contributed by atoms with Crippen LogP contribution in [0, 0.1) is 6.92 Å². The number of rotatable bonds is 5. The van der Waals surface area contributed by atoms with Crippen LogP contribution >= 0.6 is 12.6 Å². The van der Waals surface area contributed by atoms with Crippen molar-refractivity contribution in [3.63, 3.8) is 0 Å². The van der Waals surface area contributed by atoms with Gasteiger partial charge in [0.1, 0.15) is 17.6 Å². The predicted octanol–water partition coefficient (Wildman–Crippen LogP) is 3.29. The van der Waals surface area contributed by atoms with E-state index in [2.05, 4.69) is 28.1 Å². The van der Waals surface area contributed by atoms with Gasteiger partial charge in [-0.25, -0.2) is 0 Å². The Labute approximate surface area is 180 Å². The Morgan fingerprint density at radius 2 is 1.97 bits per heavy atom. The molecule has 1 aliphatic heterocycles. The molecule has 1 aliphatic rings. The minimum absolute atomic E-state index is 0.0768. The minimum atomic E-state index is -0.471. The average molecular weight is 422 g/mol. The van der Waals surface area contributed by atoms with Crippen molar-refractivity contribution in [1.29, 1.82) is 0 Å². The van der Waals surface area contributed by atoms with Crippen LogP contribution in [-0.4, -0.2) is 40.0 Å². The first kappa shape index (κ1) is 20.2. The molecule has 0 spiro atoms. The molecule has 1 amide bonds. The lowest BCUT2D eigenvalue weighted by molar-refractivity contribution is -0.121. The van der Waals surface area contributed by atoms with E-state index in [9.17, 15) is 4.79 Å². The second-order valence-electron chi connectivity index (χ2n) is 7.02. The van der Waals surface area contributed by atoms with E-state index in [1.54, 1.807) is 7.11 Å². The number of aliphatic imine (C=N–C) groups is 1. The molecule has 0 bridgehead atoms. The van der Waals surface area contributed by atoms with E-state index in [1.165, 1.54) is 0 Å². The second-order valence-corrected chi connectivity index (χ2v) is 7.54. The van der Waals surface area contributed by atoms with Crippen molar-refractivity contribution in [3.05, 3.63) is 65.2 Å². The Bertz CT molecular complexity index is 1120. The Balaban J connectivity index is 1.96. The molecule has 2 heterocycles. The van der Waals surface area contributed by atoms with Gasteiger partial charge in [-0.2, -0.15) is 0 Å². The molecular weight excluding hydrogens is 398 g/mol. The third-order valence-corrected chi connectivity index (χ3v) is 5.32. The molecule has 1 unspecified atom stereocenters. The highest BCUT2D eigenvalue weighted by atomic mass is 32.1. The van der Waals surface area contributed by atoms with Crippen LogP contribution in [0.25, 0.3) is 5.69 Å². The predicted molar refractivity (Wildman–Crippen MR) is 118 cm³/mol. The highest BCUT2D eigenvalue weighted by molar-refractivity contribution is 7.80. The largest absolute Gasteiger partial charge is 0.497 e. The number of benzene rings is 2. The summed E-state index contributed by atoms with van der Waals surface area (Å²) < 4.78 is 7.45. The molecule has 3 aromatic rings. The zero-order valence-electron chi connectivity index (χ0n) is 17.1. The fourth-order valence-corrected chi connectivity index (χ4v) is 3.78. The standard InChI is InChI=1S/C22H23N5O2S/c1-4-23-20(28)12-18-22-26-25-13(2)27(22)19-10-7-15(29-3)11-17(19)21(24-18)14-5-8-16(30)9-6-14/h5-11,18,30H,4,12H2,1-3H3,(H,23,28). The highest BCUT2D eigenvalue weighted by Gasteiger charge is 2.29. The van der Waals surface area contributed by atoms with Crippen LogP contribution in [0.4, 0.5) is 0 Å². The van der Waals surface area contributed by atoms with Crippen molar-refractivity contribution >= 4 is 24.2 Å². The van der Waals surface area contributed by atoms with Gasteiger partial charge in [-0.3, -0.25) is 14.4 Å². The lowest BCUT2D eigenvalue weighted by atomic mass is 10.00. The number of nitrogens with zero attached hydrogens (tertiary/aromatic N) is 4. The summed E-state index contributed by atoms with van der Waals surface area (Å²) in [5.41, 5.74) is 3.50. The number of methoxy groups -OCH3 is 1. The van der Waals surface area contributed by atoms with Crippen LogP contribution in [0.2, 0.25) is 0 Å². The SMILES string of the molecule is CCNC(=O)CC1N=C(c2ccc(S)cc2)c2cc(OC)ccc2-n2c(C)nnc21. The summed E-state index contributed by atoms with van der Waals surface area (Å²) in [6, 6.07) is 13.2. The van der Waals surface area contributed by atoms with Gasteiger partial charge in [0.05, 0.1) is 24.9 Å². The fraction of sp³-hybridized carbons (Fsp3) is 0.273. The summed E-state index contributed by atoms with van der Waals surface area (Å²) >= 11 is 4.40. The topological polar surface area (TPSA) is 81.4 Å². The number of fused-ring (bicyclic) bond motifs is 3. The summed E-state index contributed by atoms with van der Waals surface area (Å²) in [4.78, 5) is 18.3. The molecule has 154 valence electrons. The molecule has 0 saturated carbocycles. The maximum Gasteiger partial charge on any atom is 0.222 e. The Kier molecular flexibility index (Phi) is 5.59. The maximum atomic E-state index is 12.4. The van der Waals surface area contributed by atoms with Gasteiger partial charge in [0, 0.05) is 22.6 Å². The van der Waals surface area contributed by atoms with E-state index in [0.717, 1.165) is 39.0 Å². The van der Waals surface area contributed by atoms with Crippen LogP contribution in [0.1, 0.15) is 42.2 Å². The van der Waals surface area contributed by atoms with Gasteiger partial charge >= 0.3 is 0 Å². The number of nitrogens with one attached hydrogen (secondary N) is 1. The van der Waals surface area contributed by atoms with Gasteiger partial charge < -0.3 is 10.1 Å². The second kappa shape index (κ2) is 8.31. The highest BCUT2D eigenvalue weighted by Crippen LogP contribution is 2.34. The molecule has 0 aliphatic carbocycles. The van der Waals surface area contributed by atoms with Crippen molar-refractivity contribution in [2.45, 2.75) is 31.2 Å². The van der Waals surface area contributed by atoms with Crippen LogP contribution in [0.15, 0.2) is 52.4 Å². The summed E-state index contributed by atoms with van der Waals surface area (Å²) in [6.45, 7) is 4.36. The molecule has 0 fully saturated rings. The third kappa shape index (κ3) is 3.70. The monoisotopic (exact) mass is 421 g/mol. The number of carbonyl (C=O) groups is 1. The van der Waals surface area contributed by atoms with Crippen LogP contribution in [0.5, 0.6) is 5.75 Å². The molecule has 0 saturated heterocycles. The third-order valence-electron chi connectivity index (χ3n) is 5.03. The molecule has 1 N–H and O–H groups in total. The number of hydrogen-bond acceptors (Lipinski definition) is 6. The van der Waals surface area contributed by atoms with Gasteiger partial charge in [0.25, 0.3) is 0 Å². The lowest BCUT2D eigenvalue weighted by Crippen LogP contribution is -2.25. The first-order valence-corrected chi connectivity index (χ1v) is 10.2. The summed E-state index contributed by atoms with van der Waals surface area (Å²) in [7, 11) is 1.64. The number of thiol groups is 1. The zero-order valence-corrected chi connectivity index (χ0v) is 18.0. The zero-order chi connectivity index (χ0) is 21.3. The van der Waals surface area contributed by atoms with E-state index in [1.807, 2.05) is 60.9 Å². The van der Waals surface area contributed by atoms with E-state index < -0.39 is 6.04 Å². The van der Waals surface area contributed by atoms with Crippen LogP contribution in [0.3, 0.4) is 0 Å². The molecule has 2 aromatic carbocycles. The lowest BCUT2D eigenvalue weighted by Gasteiger charge is -2.14. The smallest absolute Gasteiger partial charge is 0.222 e. The van der Waals surface area contributed by atoms with E-state index >= 15 is 0 Å². The normalized spacial score (nSPS) is 14.9. The first-order chi connectivity index (χ1) is 14.5. The molecular formula is C22H23N5O2S. The summed E-state index contributed by atoms with van der Waals surface area (Å²) in [6.07, 6.45) is 0.186. The minimum Gasteiger partial charge on any atom is -0.497 e. The Morgan fingerprint density at radius 3 is 2.67 bits per heavy atom. The van der Waals surface area contributed by atoms with Gasteiger partial charge in [-0.05, 0) is 44.2 Å². The number of aryl methyl sites for hydroxylation is 1. The fourth-order valence-electron chi connectivity index (χ4n) is 3.63. The molecule has 7 nitrogen and oxygen atoms in total. The van der Waals surface area contributed by atoms with Crippen molar-refractivity contribution in [1.82, 2.24) is 20.1 Å².